The van der Waals surface area contributed by atoms with Crippen molar-refractivity contribution in [2.24, 2.45) is 0 Å². The fourth-order valence-corrected chi connectivity index (χ4v) is 4.35. The Kier molecular flexibility index (Phi) is 7.63. The van der Waals surface area contributed by atoms with E-state index in [1.165, 1.54) is 24.7 Å². The van der Waals surface area contributed by atoms with Crippen LogP contribution in [0.1, 0.15) is 48.9 Å². The van der Waals surface area contributed by atoms with E-state index in [1.807, 2.05) is 0 Å². The van der Waals surface area contributed by atoms with Crippen molar-refractivity contribution < 1.29 is 18.7 Å². The van der Waals surface area contributed by atoms with Gasteiger partial charge in [-0.25, -0.2) is 9.37 Å². The highest BCUT2D eigenvalue weighted by atomic mass is 35.5. The molecule has 1 fully saturated rings. The monoisotopic (exact) mass is 551 g/mol. The summed E-state index contributed by atoms with van der Waals surface area (Å²) in [5.41, 5.74) is -0.189. The molecule has 1 aliphatic carbocycles. The van der Waals surface area contributed by atoms with E-state index in [9.17, 15) is 9.59 Å². The van der Waals surface area contributed by atoms with Gasteiger partial charge in [0.2, 0.25) is 5.91 Å². The molecule has 1 atom stereocenters. The molecular formula is C24H21Cl3FN5O3. The second-order valence-electron chi connectivity index (χ2n) is 8.25. The van der Waals surface area contributed by atoms with Crippen molar-refractivity contribution in [3.63, 3.8) is 0 Å². The van der Waals surface area contributed by atoms with Gasteiger partial charge in [0.05, 0.1) is 35.8 Å². The lowest BCUT2D eigenvalue weighted by atomic mass is 10.0. The lowest BCUT2D eigenvalue weighted by Gasteiger charge is -2.21. The highest BCUT2D eigenvalue weighted by molar-refractivity contribution is 6.36. The van der Waals surface area contributed by atoms with Crippen molar-refractivity contribution in [2.45, 2.75) is 38.3 Å². The number of ether oxygens (including phenoxy) is 1. The van der Waals surface area contributed by atoms with E-state index in [4.69, 9.17) is 39.5 Å². The molecule has 2 heterocycles. The molecule has 8 nitrogen and oxygen atoms in total. The van der Waals surface area contributed by atoms with Gasteiger partial charge in [0, 0.05) is 22.3 Å². The minimum absolute atomic E-state index is 0.00883. The Morgan fingerprint density at radius 3 is 2.56 bits per heavy atom. The van der Waals surface area contributed by atoms with Gasteiger partial charge in [0.1, 0.15) is 28.0 Å². The summed E-state index contributed by atoms with van der Waals surface area (Å²) < 4.78 is 20.7. The molecule has 0 unspecified atom stereocenters. The number of benzene rings is 1. The van der Waals surface area contributed by atoms with Crippen LogP contribution in [-0.4, -0.2) is 38.9 Å². The molecule has 4 rings (SSSR count). The summed E-state index contributed by atoms with van der Waals surface area (Å²) in [6.45, 7) is 3.76. The molecule has 1 saturated carbocycles. The minimum Gasteiger partial charge on any atom is -0.492 e. The zero-order chi connectivity index (χ0) is 26.0. The largest absolute Gasteiger partial charge is 0.492 e. The van der Waals surface area contributed by atoms with Gasteiger partial charge in [0.25, 0.3) is 5.91 Å². The van der Waals surface area contributed by atoms with Crippen molar-refractivity contribution in [1.29, 1.82) is 0 Å². The summed E-state index contributed by atoms with van der Waals surface area (Å²) in [7, 11) is 0. The first-order valence-corrected chi connectivity index (χ1v) is 12.2. The third-order valence-corrected chi connectivity index (χ3v) is 6.29. The molecule has 0 spiro atoms. The lowest BCUT2D eigenvalue weighted by Crippen LogP contribution is -2.49. The number of rotatable bonds is 8. The van der Waals surface area contributed by atoms with Gasteiger partial charge in [-0.3, -0.25) is 19.6 Å². The smallest absolute Gasteiger partial charge is 0.272 e. The van der Waals surface area contributed by atoms with Crippen molar-refractivity contribution in [3.8, 4) is 16.9 Å². The first kappa shape index (κ1) is 26.1. The standard InChI is InChI=1S/C24H21Cl3FN5O3/c1-3-36-21-15(7-14(25)8-16(21)26)13-6-17(28)20(30-9-13)12(2)31-23(35)24(4-5-24)33-22(34)18-10-29-11-19(27)32-18/h6-12H,3-5H2,1-2H3,(H,31,35)(H,33,34)/t12-/m1/s1. The third kappa shape index (κ3) is 5.53. The van der Waals surface area contributed by atoms with E-state index in [2.05, 4.69) is 25.6 Å². The maximum Gasteiger partial charge on any atom is 0.272 e. The summed E-state index contributed by atoms with van der Waals surface area (Å²) in [6.07, 6.45) is 4.86. The normalized spacial score (nSPS) is 14.6. The number of carbonyl (C=O) groups is 2. The number of nitrogens with zero attached hydrogens (tertiary/aromatic N) is 3. The highest BCUT2D eigenvalue weighted by Gasteiger charge is 2.51. The predicted molar refractivity (Wildman–Crippen MR) is 134 cm³/mol. The van der Waals surface area contributed by atoms with Crippen LogP contribution in [0.15, 0.2) is 36.8 Å². The maximum atomic E-state index is 15.1. The van der Waals surface area contributed by atoms with Gasteiger partial charge in [-0.15, -0.1) is 0 Å². The number of hydrogen-bond acceptors (Lipinski definition) is 6. The molecule has 2 N–H and O–H groups in total. The van der Waals surface area contributed by atoms with Gasteiger partial charge >= 0.3 is 0 Å². The van der Waals surface area contributed by atoms with Gasteiger partial charge in [-0.05, 0) is 44.9 Å². The van der Waals surface area contributed by atoms with Crippen LogP contribution in [0.25, 0.3) is 11.1 Å². The lowest BCUT2D eigenvalue weighted by molar-refractivity contribution is -0.124. The Hall–Kier alpha value is -3.01. The molecule has 0 bridgehead atoms. The van der Waals surface area contributed by atoms with Crippen LogP contribution >= 0.6 is 34.8 Å². The van der Waals surface area contributed by atoms with Gasteiger partial charge in [0.15, 0.2) is 0 Å². The first-order chi connectivity index (χ1) is 17.1. The molecule has 3 aromatic rings. The summed E-state index contributed by atoms with van der Waals surface area (Å²) >= 11 is 18.2. The summed E-state index contributed by atoms with van der Waals surface area (Å²) in [6, 6.07) is 3.66. The van der Waals surface area contributed by atoms with Crippen molar-refractivity contribution in [1.82, 2.24) is 25.6 Å². The third-order valence-electron chi connectivity index (χ3n) is 5.61. The molecule has 1 aliphatic rings. The predicted octanol–water partition coefficient (Wildman–Crippen LogP) is 5.18. The van der Waals surface area contributed by atoms with E-state index in [0.29, 0.717) is 46.4 Å². The van der Waals surface area contributed by atoms with Crippen LogP contribution in [0.3, 0.4) is 0 Å². The minimum atomic E-state index is -1.12. The average molecular weight is 553 g/mol. The number of halogens is 4. The van der Waals surface area contributed by atoms with Crippen LogP contribution < -0.4 is 15.4 Å². The molecule has 0 radical (unpaired) electrons. The van der Waals surface area contributed by atoms with Crippen LogP contribution in [0, 0.1) is 5.82 Å². The average Bonchev–Trinajstić information content (AvgIpc) is 3.61. The molecule has 1 aromatic carbocycles. The summed E-state index contributed by atoms with van der Waals surface area (Å²) in [5.74, 6) is -1.30. The molecule has 0 saturated heterocycles. The van der Waals surface area contributed by atoms with E-state index < -0.39 is 29.2 Å². The Labute approximate surface area is 221 Å². The zero-order valence-electron chi connectivity index (χ0n) is 19.2. The van der Waals surface area contributed by atoms with Crippen molar-refractivity contribution >= 4 is 46.6 Å². The quantitative estimate of drug-likeness (QED) is 0.399. The van der Waals surface area contributed by atoms with Crippen LogP contribution in [0.4, 0.5) is 4.39 Å². The number of pyridine rings is 1. The molecule has 2 amide bonds. The van der Waals surface area contributed by atoms with E-state index >= 15 is 4.39 Å². The van der Waals surface area contributed by atoms with Gasteiger partial charge in [-0.2, -0.15) is 0 Å². The number of aromatic nitrogens is 3. The van der Waals surface area contributed by atoms with Crippen LogP contribution in [0.5, 0.6) is 5.75 Å². The second kappa shape index (κ2) is 10.5. The zero-order valence-corrected chi connectivity index (χ0v) is 21.5. The fourth-order valence-electron chi connectivity index (χ4n) is 3.65. The van der Waals surface area contributed by atoms with Gasteiger partial charge < -0.3 is 15.4 Å². The number of carbonyl (C=O) groups excluding carboxylic acids is 2. The molecular weight excluding hydrogens is 532 g/mol. The second-order valence-corrected chi connectivity index (χ2v) is 9.48. The molecule has 2 aromatic heterocycles. The van der Waals surface area contributed by atoms with E-state index in [-0.39, 0.29) is 16.5 Å². The van der Waals surface area contributed by atoms with E-state index in [0.717, 1.165) is 0 Å². The number of hydrogen-bond donors (Lipinski definition) is 2. The summed E-state index contributed by atoms with van der Waals surface area (Å²) in [4.78, 5) is 37.4. The fraction of sp³-hybridized carbons (Fsp3) is 0.292. The molecule has 12 heteroatoms. The maximum absolute atomic E-state index is 15.1. The van der Waals surface area contributed by atoms with Crippen molar-refractivity contribution in [3.05, 3.63) is 69.2 Å². The topological polar surface area (TPSA) is 106 Å². The van der Waals surface area contributed by atoms with E-state index in [1.54, 1.807) is 26.0 Å². The SMILES string of the molecule is CCOc1c(Cl)cc(Cl)cc1-c1cnc([C@@H](C)NC(=O)C2(NC(=O)c3cncc(Cl)n3)CC2)c(F)c1. The van der Waals surface area contributed by atoms with Crippen LogP contribution in [0.2, 0.25) is 15.2 Å². The molecule has 36 heavy (non-hydrogen) atoms. The first-order valence-electron chi connectivity index (χ1n) is 11.0. The Balaban J connectivity index is 1.49. The highest BCUT2D eigenvalue weighted by Crippen LogP contribution is 2.40. The summed E-state index contributed by atoms with van der Waals surface area (Å²) in [5, 5.41) is 6.13. The number of nitrogens with one attached hydrogen (secondary N) is 2. The Bertz CT molecular complexity index is 1340. The Morgan fingerprint density at radius 1 is 1.17 bits per heavy atom. The van der Waals surface area contributed by atoms with Gasteiger partial charge in [-0.1, -0.05) is 34.8 Å². The Morgan fingerprint density at radius 2 is 1.92 bits per heavy atom. The van der Waals surface area contributed by atoms with Crippen LogP contribution in [-0.2, 0) is 4.79 Å². The molecule has 0 aliphatic heterocycles. The molecule has 188 valence electrons. The van der Waals surface area contributed by atoms with Crippen molar-refractivity contribution in [2.75, 3.05) is 6.61 Å². The number of amides is 2.